The van der Waals surface area contributed by atoms with E-state index in [-0.39, 0.29) is 28.6 Å². The third-order valence-electron chi connectivity index (χ3n) is 4.56. The number of benzene rings is 1. The molecule has 1 heterocycles. The Morgan fingerprint density at radius 3 is 2.20 bits per heavy atom. The highest BCUT2D eigenvalue weighted by molar-refractivity contribution is 6.12. The van der Waals surface area contributed by atoms with Gasteiger partial charge in [0.15, 0.2) is 11.9 Å². The van der Waals surface area contributed by atoms with E-state index >= 15 is 0 Å². The van der Waals surface area contributed by atoms with Crippen LogP contribution in [0.1, 0.15) is 38.1 Å². The zero-order valence-electron chi connectivity index (χ0n) is 17.9. The van der Waals surface area contributed by atoms with Crippen molar-refractivity contribution >= 4 is 29.2 Å². The summed E-state index contributed by atoms with van der Waals surface area (Å²) >= 11 is 0. The van der Waals surface area contributed by atoms with Crippen LogP contribution in [0.3, 0.4) is 0 Å². The molecule has 2 amide bonds. The minimum Gasteiger partial charge on any atom is -0.479 e. The zero-order chi connectivity index (χ0) is 22.6. The summed E-state index contributed by atoms with van der Waals surface area (Å²) < 4.78 is 11.1. The lowest BCUT2D eigenvalue weighted by Crippen LogP contribution is -2.54. The molecule has 9 nitrogen and oxygen atoms in total. The van der Waals surface area contributed by atoms with E-state index in [9.17, 15) is 14.4 Å². The first-order valence-corrected chi connectivity index (χ1v) is 9.72. The maximum absolute atomic E-state index is 12.8. The lowest BCUT2D eigenvalue weighted by Gasteiger charge is -2.36. The van der Waals surface area contributed by atoms with E-state index in [0.29, 0.717) is 26.2 Å². The quantitative estimate of drug-likeness (QED) is 0.425. The number of nitrogens with zero attached hydrogens (tertiary/aromatic N) is 2. The zero-order valence-corrected chi connectivity index (χ0v) is 17.9. The van der Waals surface area contributed by atoms with Crippen molar-refractivity contribution in [2.24, 2.45) is 0 Å². The van der Waals surface area contributed by atoms with Gasteiger partial charge in [-0.05, 0) is 45.9 Å². The van der Waals surface area contributed by atoms with E-state index < -0.39 is 23.6 Å². The first-order chi connectivity index (χ1) is 13.9. The van der Waals surface area contributed by atoms with E-state index in [0.717, 1.165) is 6.08 Å². The highest BCUT2D eigenvalue weighted by Crippen LogP contribution is 2.31. The SMILES string of the molecule is C=CC(=O)c1c(N)ccc(O[C@H](C)C(=O)N2CCN(C(=O)OC(C)(C)C)CC2)c1N. The Morgan fingerprint density at radius 2 is 1.67 bits per heavy atom. The summed E-state index contributed by atoms with van der Waals surface area (Å²) in [7, 11) is 0. The van der Waals surface area contributed by atoms with Gasteiger partial charge in [0.1, 0.15) is 11.4 Å². The van der Waals surface area contributed by atoms with E-state index in [4.69, 9.17) is 20.9 Å². The van der Waals surface area contributed by atoms with Gasteiger partial charge in [-0.25, -0.2) is 4.79 Å². The van der Waals surface area contributed by atoms with Crippen LogP contribution in [0.5, 0.6) is 5.75 Å². The number of nitrogen functional groups attached to an aromatic ring is 2. The van der Waals surface area contributed by atoms with Crippen LogP contribution in [0.2, 0.25) is 0 Å². The fraction of sp³-hybridized carbons (Fsp3) is 0.476. The van der Waals surface area contributed by atoms with Crippen LogP contribution in [0, 0.1) is 0 Å². The van der Waals surface area contributed by atoms with Gasteiger partial charge in [0, 0.05) is 31.9 Å². The third kappa shape index (κ3) is 5.43. The van der Waals surface area contributed by atoms with Crippen molar-refractivity contribution in [1.29, 1.82) is 0 Å². The molecule has 1 aliphatic heterocycles. The number of piperazine rings is 1. The maximum Gasteiger partial charge on any atom is 0.410 e. The molecular formula is C21H30N4O5. The number of hydrogen-bond acceptors (Lipinski definition) is 7. The molecule has 1 aliphatic rings. The third-order valence-corrected chi connectivity index (χ3v) is 4.56. The summed E-state index contributed by atoms with van der Waals surface area (Å²) in [5, 5.41) is 0. The molecule has 9 heteroatoms. The summed E-state index contributed by atoms with van der Waals surface area (Å²) in [6.07, 6.45) is -0.117. The lowest BCUT2D eigenvalue weighted by atomic mass is 10.1. The summed E-state index contributed by atoms with van der Waals surface area (Å²) in [5.41, 5.74) is 11.7. The number of carbonyl (C=O) groups excluding carboxylic acids is 3. The van der Waals surface area contributed by atoms with Crippen molar-refractivity contribution in [3.8, 4) is 5.75 Å². The van der Waals surface area contributed by atoms with Crippen molar-refractivity contribution in [2.45, 2.75) is 39.4 Å². The molecule has 1 saturated heterocycles. The average molecular weight is 418 g/mol. The Labute approximate surface area is 176 Å². The van der Waals surface area contributed by atoms with Gasteiger partial charge >= 0.3 is 6.09 Å². The second-order valence-corrected chi connectivity index (χ2v) is 8.06. The molecule has 0 unspecified atom stereocenters. The summed E-state index contributed by atoms with van der Waals surface area (Å²) in [6, 6.07) is 3.02. The first-order valence-electron chi connectivity index (χ1n) is 9.72. The van der Waals surface area contributed by atoms with Crippen LogP contribution < -0.4 is 16.2 Å². The Hall–Kier alpha value is -3.23. The van der Waals surface area contributed by atoms with Gasteiger partial charge in [0.25, 0.3) is 5.91 Å². The second-order valence-electron chi connectivity index (χ2n) is 8.06. The first kappa shape index (κ1) is 23.1. The molecule has 2 rings (SSSR count). The molecule has 4 N–H and O–H groups in total. The summed E-state index contributed by atoms with van der Waals surface area (Å²) in [4.78, 5) is 40.1. The maximum atomic E-state index is 12.8. The predicted molar refractivity (Wildman–Crippen MR) is 114 cm³/mol. The number of anilines is 2. The van der Waals surface area contributed by atoms with Gasteiger partial charge in [-0.3, -0.25) is 9.59 Å². The Bertz CT molecular complexity index is 839. The number of rotatable bonds is 5. The van der Waals surface area contributed by atoms with Crippen molar-refractivity contribution in [2.75, 3.05) is 37.6 Å². The van der Waals surface area contributed by atoms with Crippen molar-refractivity contribution in [1.82, 2.24) is 9.80 Å². The van der Waals surface area contributed by atoms with Crippen LogP contribution in [0.4, 0.5) is 16.2 Å². The molecule has 1 fully saturated rings. The number of allylic oxidation sites excluding steroid dienone is 1. The topological polar surface area (TPSA) is 128 Å². The van der Waals surface area contributed by atoms with Crippen molar-refractivity contribution in [3.63, 3.8) is 0 Å². The standard InChI is InChI=1S/C21H30N4O5/c1-6-15(26)17-14(22)7-8-16(18(17)23)29-13(2)19(27)24-9-11-25(12-10-24)20(28)30-21(3,4)5/h6-8,13H,1,9-12,22-23H2,2-5H3/t13-/m1/s1. The normalized spacial score (nSPS) is 15.3. The molecule has 0 radical (unpaired) electrons. The van der Waals surface area contributed by atoms with Gasteiger partial charge < -0.3 is 30.7 Å². The second kappa shape index (κ2) is 9.06. The van der Waals surface area contributed by atoms with Crippen LogP contribution >= 0.6 is 0 Å². The molecule has 1 aromatic rings. The van der Waals surface area contributed by atoms with Gasteiger partial charge in [-0.2, -0.15) is 0 Å². The number of hydrogen-bond donors (Lipinski definition) is 2. The van der Waals surface area contributed by atoms with Gasteiger partial charge in [0.2, 0.25) is 0 Å². The molecule has 1 atom stereocenters. The van der Waals surface area contributed by atoms with Crippen molar-refractivity contribution in [3.05, 3.63) is 30.4 Å². The molecule has 1 aromatic carbocycles. The average Bonchev–Trinajstić information content (AvgIpc) is 2.68. The fourth-order valence-corrected chi connectivity index (χ4v) is 3.03. The summed E-state index contributed by atoms with van der Waals surface area (Å²) in [5.74, 6) is -0.470. The molecule has 0 bridgehead atoms. The highest BCUT2D eigenvalue weighted by atomic mass is 16.6. The van der Waals surface area contributed by atoms with Crippen LogP contribution in [0.25, 0.3) is 0 Å². The minimum atomic E-state index is -0.837. The minimum absolute atomic E-state index is 0.0642. The van der Waals surface area contributed by atoms with E-state index in [1.54, 1.807) is 37.5 Å². The predicted octanol–water partition coefficient (Wildman–Crippen LogP) is 2.07. The molecule has 0 aromatic heterocycles. The van der Waals surface area contributed by atoms with E-state index in [1.807, 2.05) is 0 Å². The number of amides is 2. The Morgan fingerprint density at radius 1 is 1.10 bits per heavy atom. The van der Waals surface area contributed by atoms with Gasteiger partial charge in [-0.15, -0.1) is 0 Å². The summed E-state index contributed by atoms with van der Waals surface area (Å²) in [6.45, 7) is 11.9. The molecule has 0 saturated carbocycles. The largest absolute Gasteiger partial charge is 0.479 e. The fourth-order valence-electron chi connectivity index (χ4n) is 3.03. The van der Waals surface area contributed by atoms with Crippen LogP contribution in [-0.4, -0.2) is 65.5 Å². The van der Waals surface area contributed by atoms with Gasteiger partial charge in [-0.1, -0.05) is 6.58 Å². The molecular weight excluding hydrogens is 388 g/mol. The number of carbonyl (C=O) groups is 3. The van der Waals surface area contributed by atoms with Crippen molar-refractivity contribution < 1.29 is 23.9 Å². The molecule has 30 heavy (non-hydrogen) atoms. The molecule has 0 aliphatic carbocycles. The number of ketones is 1. The van der Waals surface area contributed by atoms with Gasteiger partial charge in [0.05, 0.1) is 11.3 Å². The monoisotopic (exact) mass is 418 g/mol. The van der Waals surface area contributed by atoms with E-state index in [1.165, 1.54) is 12.1 Å². The Kier molecular flexibility index (Phi) is 6.96. The van der Waals surface area contributed by atoms with E-state index in [2.05, 4.69) is 6.58 Å². The Balaban J connectivity index is 2.00. The van der Waals surface area contributed by atoms with Crippen LogP contribution in [0.15, 0.2) is 24.8 Å². The smallest absolute Gasteiger partial charge is 0.410 e. The molecule has 164 valence electrons. The number of ether oxygens (including phenoxy) is 2. The molecule has 0 spiro atoms. The number of nitrogens with two attached hydrogens (primary N) is 2. The lowest BCUT2D eigenvalue weighted by molar-refractivity contribution is -0.139. The van der Waals surface area contributed by atoms with Crippen LogP contribution in [-0.2, 0) is 9.53 Å². The highest BCUT2D eigenvalue weighted by Gasteiger charge is 2.30.